The van der Waals surface area contributed by atoms with Crippen LogP contribution < -0.4 is 5.32 Å². The van der Waals surface area contributed by atoms with Gasteiger partial charge in [-0.1, -0.05) is 42.5 Å². The summed E-state index contributed by atoms with van der Waals surface area (Å²) in [6.07, 6.45) is 6.19. The first-order chi connectivity index (χ1) is 14.0. The first-order valence-electron chi connectivity index (χ1n) is 10.5. The Balaban J connectivity index is 1.27. The maximum absolute atomic E-state index is 10.5. The highest BCUT2D eigenvalue weighted by Gasteiger charge is 2.34. The number of benzene rings is 2. The number of ether oxygens (including phenoxy) is 1. The number of hydrogen-bond acceptors (Lipinski definition) is 4. The van der Waals surface area contributed by atoms with Gasteiger partial charge in [0.05, 0.1) is 31.3 Å². The summed E-state index contributed by atoms with van der Waals surface area (Å²) in [4.78, 5) is 0. The molecule has 4 nitrogen and oxygen atoms in total. The molecule has 1 fully saturated rings. The van der Waals surface area contributed by atoms with Crippen LogP contribution >= 0.6 is 0 Å². The predicted octanol–water partition coefficient (Wildman–Crippen LogP) is 4.87. The minimum atomic E-state index is -0.543. The van der Waals surface area contributed by atoms with Crippen molar-refractivity contribution in [1.29, 1.82) is 0 Å². The first-order valence-corrected chi connectivity index (χ1v) is 10.5. The summed E-state index contributed by atoms with van der Waals surface area (Å²) < 4.78 is 11.3. The molecule has 0 bridgehead atoms. The summed E-state index contributed by atoms with van der Waals surface area (Å²) in [5, 5.41) is 16.5. The van der Waals surface area contributed by atoms with Gasteiger partial charge in [0.25, 0.3) is 0 Å². The average Bonchev–Trinajstić information content (AvgIpc) is 3.40. The molecular weight excluding hydrogens is 362 g/mol. The maximum Gasteiger partial charge on any atom is 0.0960 e. The van der Waals surface area contributed by atoms with Gasteiger partial charge in [-0.15, -0.1) is 0 Å². The number of β-amino-alcohol motifs (C(OH)–C–C–N with tert-alkyl or cyclic N) is 1. The molecule has 154 valence electrons. The molecule has 1 saturated carbocycles. The van der Waals surface area contributed by atoms with Crippen molar-refractivity contribution in [2.45, 2.75) is 50.9 Å². The van der Waals surface area contributed by atoms with E-state index in [4.69, 9.17) is 9.15 Å². The van der Waals surface area contributed by atoms with Gasteiger partial charge < -0.3 is 19.6 Å². The van der Waals surface area contributed by atoms with Crippen LogP contribution in [0.2, 0.25) is 0 Å². The van der Waals surface area contributed by atoms with Crippen LogP contribution in [0, 0.1) is 5.92 Å². The largest absolute Gasteiger partial charge is 0.472 e. The van der Waals surface area contributed by atoms with E-state index in [9.17, 15) is 5.11 Å². The number of hydrogen-bond donors (Lipinski definition) is 2. The Morgan fingerprint density at radius 1 is 1.14 bits per heavy atom. The Morgan fingerprint density at radius 3 is 2.66 bits per heavy atom. The van der Waals surface area contributed by atoms with Crippen LogP contribution in [0.3, 0.4) is 0 Å². The lowest BCUT2D eigenvalue weighted by atomic mass is 9.93. The highest BCUT2D eigenvalue weighted by atomic mass is 16.5. The van der Waals surface area contributed by atoms with Crippen LogP contribution in [-0.4, -0.2) is 29.9 Å². The third kappa shape index (κ3) is 5.47. The van der Waals surface area contributed by atoms with E-state index in [0.717, 1.165) is 12.0 Å². The van der Waals surface area contributed by atoms with Crippen LogP contribution in [0.4, 0.5) is 0 Å². The lowest BCUT2D eigenvalue weighted by molar-refractivity contribution is -0.0213. The summed E-state index contributed by atoms with van der Waals surface area (Å²) in [7, 11) is 0. The number of aliphatic hydroxyl groups is 1. The van der Waals surface area contributed by atoms with Crippen molar-refractivity contribution in [2.75, 3.05) is 13.2 Å². The van der Waals surface area contributed by atoms with Crippen LogP contribution in [-0.2, 0) is 11.2 Å². The van der Waals surface area contributed by atoms with Gasteiger partial charge in [0.2, 0.25) is 0 Å². The van der Waals surface area contributed by atoms with E-state index in [1.54, 1.807) is 12.5 Å². The molecule has 0 spiro atoms. The number of rotatable bonds is 10. The van der Waals surface area contributed by atoms with Crippen molar-refractivity contribution in [3.05, 3.63) is 72.2 Å². The van der Waals surface area contributed by atoms with Crippen LogP contribution in [0.1, 0.15) is 43.9 Å². The van der Waals surface area contributed by atoms with Crippen molar-refractivity contribution in [1.82, 2.24) is 5.32 Å². The maximum atomic E-state index is 10.5. The number of fused-ring (bicyclic) bond motifs is 1. The predicted molar refractivity (Wildman–Crippen MR) is 116 cm³/mol. The van der Waals surface area contributed by atoms with Crippen molar-refractivity contribution in [2.24, 2.45) is 5.92 Å². The molecule has 4 heteroatoms. The Morgan fingerprint density at radius 2 is 1.93 bits per heavy atom. The lowest BCUT2D eigenvalue weighted by Gasteiger charge is -2.28. The van der Waals surface area contributed by atoms with E-state index in [1.807, 2.05) is 6.07 Å². The summed E-state index contributed by atoms with van der Waals surface area (Å²) in [6.45, 7) is 5.18. The van der Waals surface area contributed by atoms with Crippen molar-refractivity contribution in [3.63, 3.8) is 0 Å². The van der Waals surface area contributed by atoms with Gasteiger partial charge >= 0.3 is 0 Å². The molecule has 2 atom stereocenters. The summed E-state index contributed by atoms with van der Waals surface area (Å²) in [5.41, 5.74) is 2.24. The fourth-order valence-electron chi connectivity index (χ4n) is 3.93. The van der Waals surface area contributed by atoms with Gasteiger partial charge in [-0.25, -0.2) is 0 Å². The fraction of sp³-hybridized carbons (Fsp3) is 0.440. The zero-order valence-electron chi connectivity index (χ0n) is 17.3. The molecule has 0 saturated heterocycles. The van der Waals surface area contributed by atoms with Crippen LogP contribution in [0.5, 0.6) is 0 Å². The molecule has 2 N–H and O–H groups in total. The summed E-state index contributed by atoms with van der Waals surface area (Å²) >= 11 is 0. The summed E-state index contributed by atoms with van der Waals surface area (Å²) in [6, 6.07) is 17.0. The van der Waals surface area contributed by atoms with Crippen LogP contribution in [0.25, 0.3) is 10.8 Å². The third-order valence-electron chi connectivity index (χ3n) is 5.67. The van der Waals surface area contributed by atoms with Gasteiger partial charge in [-0.2, -0.15) is 0 Å². The van der Waals surface area contributed by atoms with E-state index in [-0.39, 0.29) is 11.6 Å². The Kier molecular flexibility index (Phi) is 6.04. The van der Waals surface area contributed by atoms with Crippen molar-refractivity contribution >= 4 is 10.8 Å². The van der Waals surface area contributed by atoms with Crippen molar-refractivity contribution in [3.8, 4) is 0 Å². The Hall–Kier alpha value is -2.14. The van der Waals surface area contributed by atoms with E-state index in [0.29, 0.717) is 19.1 Å². The zero-order chi connectivity index (χ0) is 20.3. The second-order valence-electron chi connectivity index (χ2n) is 8.92. The minimum absolute atomic E-state index is 0.0361. The van der Waals surface area contributed by atoms with E-state index >= 15 is 0 Å². The van der Waals surface area contributed by atoms with Gasteiger partial charge in [-0.05, 0) is 61.4 Å². The number of aliphatic hydroxyl groups excluding tert-OH is 1. The normalized spacial score (nSPS) is 16.8. The molecule has 2 aromatic carbocycles. The number of nitrogens with one attached hydrogen (secondary N) is 1. The molecule has 1 unspecified atom stereocenters. The molecule has 1 aliphatic rings. The third-order valence-corrected chi connectivity index (χ3v) is 5.67. The van der Waals surface area contributed by atoms with E-state index in [1.165, 1.54) is 29.2 Å². The monoisotopic (exact) mass is 393 g/mol. The Labute approximate surface area is 172 Å². The molecule has 0 radical (unpaired) electrons. The first kappa shape index (κ1) is 20.1. The molecule has 0 aliphatic heterocycles. The highest BCUT2D eigenvalue weighted by molar-refractivity contribution is 5.83. The molecule has 29 heavy (non-hydrogen) atoms. The molecular formula is C25H31NO3. The second kappa shape index (κ2) is 8.70. The quantitative estimate of drug-likeness (QED) is 0.516. The zero-order valence-corrected chi connectivity index (χ0v) is 17.3. The van der Waals surface area contributed by atoms with E-state index in [2.05, 4.69) is 61.6 Å². The standard InChI is InChI=1S/C25H31NO3/c1-25(2,14-18-7-8-19-5-3-4-6-21(19)13-18)26-15-23(27)17-29-24(20-9-10-20)22-11-12-28-16-22/h3-8,11-13,16,20,23-24,26-27H,9-10,14-15,17H2,1-2H3/t23-,24?/m1/s1. The number of furan rings is 1. The average molecular weight is 394 g/mol. The SMILES string of the molecule is CC(C)(Cc1ccc2ccccc2c1)NC[C@@H](O)COC(c1ccoc1)C1CC1. The van der Waals surface area contributed by atoms with E-state index < -0.39 is 6.10 Å². The molecule has 1 aromatic heterocycles. The second-order valence-corrected chi connectivity index (χ2v) is 8.92. The molecule has 3 aromatic rings. The molecule has 0 amide bonds. The lowest BCUT2D eigenvalue weighted by Crippen LogP contribution is -2.46. The Bertz CT molecular complexity index is 915. The summed E-state index contributed by atoms with van der Waals surface area (Å²) in [5.74, 6) is 0.553. The molecule has 1 heterocycles. The minimum Gasteiger partial charge on any atom is -0.472 e. The highest BCUT2D eigenvalue weighted by Crippen LogP contribution is 2.43. The topological polar surface area (TPSA) is 54.6 Å². The van der Waals surface area contributed by atoms with Crippen LogP contribution in [0.15, 0.2) is 65.5 Å². The molecule has 4 rings (SSSR count). The van der Waals surface area contributed by atoms with Gasteiger partial charge in [0.1, 0.15) is 0 Å². The van der Waals surface area contributed by atoms with Gasteiger partial charge in [0, 0.05) is 17.6 Å². The van der Waals surface area contributed by atoms with Gasteiger partial charge in [0.15, 0.2) is 0 Å². The van der Waals surface area contributed by atoms with Crippen molar-refractivity contribution < 1.29 is 14.3 Å². The fourth-order valence-corrected chi connectivity index (χ4v) is 3.93. The van der Waals surface area contributed by atoms with Gasteiger partial charge in [-0.3, -0.25) is 0 Å². The smallest absolute Gasteiger partial charge is 0.0960 e. The molecule has 1 aliphatic carbocycles.